The Kier molecular flexibility index (Phi) is 3.96. The summed E-state index contributed by atoms with van der Waals surface area (Å²) in [4.78, 5) is 11.0. The number of halogens is 2. The zero-order valence-corrected chi connectivity index (χ0v) is 10.3. The monoisotopic (exact) mass is 276 g/mol. The van der Waals surface area contributed by atoms with E-state index in [1.165, 1.54) is 7.11 Å². The molecule has 76 valence electrons. The molecule has 0 fully saturated rings. The molecule has 0 amide bonds. The number of carbonyl (C=O) groups is 1. The molecule has 0 N–H and O–H groups in total. The van der Waals surface area contributed by atoms with Gasteiger partial charge in [-0.1, -0.05) is 23.7 Å². The molecule has 0 atom stereocenters. The zero-order valence-electron chi connectivity index (χ0n) is 7.93. The van der Waals surface area contributed by atoms with Crippen LogP contribution in [-0.4, -0.2) is 13.1 Å². The topological polar surface area (TPSA) is 26.3 Å². The molecule has 1 rings (SSSR count). The standard InChI is InChI=1S/C10H10BrClO2/c1-6-3-4-7(5-8(13)14-2)10(12)9(6)11/h3-4H,5H2,1-2H3. The van der Waals surface area contributed by atoms with E-state index in [1.807, 2.05) is 19.1 Å². The summed E-state index contributed by atoms with van der Waals surface area (Å²) < 4.78 is 5.40. The molecule has 0 saturated heterocycles. The van der Waals surface area contributed by atoms with Crippen LogP contribution in [0.4, 0.5) is 0 Å². The Labute approximate surface area is 96.3 Å². The van der Waals surface area contributed by atoms with Gasteiger partial charge in [0, 0.05) is 4.47 Å². The van der Waals surface area contributed by atoms with Crippen LogP contribution in [0.25, 0.3) is 0 Å². The van der Waals surface area contributed by atoms with E-state index in [2.05, 4.69) is 20.7 Å². The van der Waals surface area contributed by atoms with Gasteiger partial charge in [0.05, 0.1) is 18.6 Å². The molecule has 0 radical (unpaired) electrons. The smallest absolute Gasteiger partial charge is 0.310 e. The fraction of sp³-hybridized carbons (Fsp3) is 0.300. The van der Waals surface area contributed by atoms with Gasteiger partial charge in [0.15, 0.2) is 0 Å². The Balaban J connectivity index is 3.00. The molecular weight excluding hydrogens is 267 g/mol. The summed E-state index contributed by atoms with van der Waals surface area (Å²) in [6, 6.07) is 3.74. The van der Waals surface area contributed by atoms with Crippen molar-refractivity contribution in [2.45, 2.75) is 13.3 Å². The van der Waals surface area contributed by atoms with Crippen LogP contribution in [0.3, 0.4) is 0 Å². The van der Waals surface area contributed by atoms with Crippen molar-refractivity contribution in [3.05, 3.63) is 32.8 Å². The van der Waals surface area contributed by atoms with Gasteiger partial charge in [0.2, 0.25) is 0 Å². The Morgan fingerprint density at radius 1 is 1.57 bits per heavy atom. The third-order valence-electron chi connectivity index (χ3n) is 1.92. The maximum Gasteiger partial charge on any atom is 0.310 e. The van der Waals surface area contributed by atoms with Crippen molar-refractivity contribution in [1.82, 2.24) is 0 Å². The second kappa shape index (κ2) is 4.80. The van der Waals surface area contributed by atoms with Crippen LogP contribution in [0, 0.1) is 6.92 Å². The second-order valence-electron chi connectivity index (χ2n) is 2.92. The molecule has 0 heterocycles. The molecule has 1 aromatic rings. The highest BCUT2D eigenvalue weighted by molar-refractivity contribution is 9.10. The fourth-order valence-electron chi connectivity index (χ4n) is 1.05. The molecular formula is C10H10BrClO2. The van der Waals surface area contributed by atoms with Crippen LogP contribution >= 0.6 is 27.5 Å². The second-order valence-corrected chi connectivity index (χ2v) is 4.09. The zero-order chi connectivity index (χ0) is 10.7. The van der Waals surface area contributed by atoms with E-state index in [0.717, 1.165) is 15.6 Å². The molecule has 0 spiro atoms. The largest absolute Gasteiger partial charge is 0.469 e. The number of esters is 1. The number of rotatable bonds is 2. The maximum absolute atomic E-state index is 11.0. The van der Waals surface area contributed by atoms with Gasteiger partial charge >= 0.3 is 5.97 Å². The highest BCUT2D eigenvalue weighted by Crippen LogP contribution is 2.29. The van der Waals surface area contributed by atoms with Gasteiger partial charge in [0.1, 0.15) is 0 Å². The van der Waals surface area contributed by atoms with Crippen molar-refractivity contribution in [3.8, 4) is 0 Å². The van der Waals surface area contributed by atoms with Crippen LogP contribution in [-0.2, 0) is 16.0 Å². The SMILES string of the molecule is COC(=O)Cc1ccc(C)c(Br)c1Cl. The summed E-state index contributed by atoms with van der Waals surface area (Å²) in [6.07, 6.45) is 0.203. The first-order valence-corrected chi connectivity index (χ1v) is 5.23. The summed E-state index contributed by atoms with van der Waals surface area (Å²) in [5, 5.41) is 0.579. The van der Waals surface area contributed by atoms with E-state index < -0.39 is 0 Å². The van der Waals surface area contributed by atoms with E-state index in [0.29, 0.717) is 5.02 Å². The van der Waals surface area contributed by atoms with E-state index >= 15 is 0 Å². The first kappa shape index (κ1) is 11.5. The molecule has 2 nitrogen and oxygen atoms in total. The van der Waals surface area contributed by atoms with Crippen molar-refractivity contribution in [2.24, 2.45) is 0 Å². The van der Waals surface area contributed by atoms with Gasteiger partial charge in [-0.05, 0) is 34.0 Å². The van der Waals surface area contributed by atoms with Crippen molar-refractivity contribution in [1.29, 1.82) is 0 Å². The van der Waals surface area contributed by atoms with Gasteiger partial charge in [-0.15, -0.1) is 0 Å². The molecule has 0 aromatic heterocycles. The molecule has 0 saturated carbocycles. The lowest BCUT2D eigenvalue weighted by molar-refractivity contribution is -0.139. The van der Waals surface area contributed by atoms with Gasteiger partial charge in [-0.25, -0.2) is 0 Å². The molecule has 0 aliphatic heterocycles. The molecule has 0 aliphatic rings. The van der Waals surface area contributed by atoms with Crippen LogP contribution < -0.4 is 0 Å². The molecule has 0 bridgehead atoms. The Hall–Kier alpha value is -0.540. The van der Waals surface area contributed by atoms with Gasteiger partial charge in [-0.2, -0.15) is 0 Å². The first-order valence-electron chi connectivity index (χ1n) is 4.06. The Morgan fingerprint density at radius 2 is 2.21 bits per heavy atom. The number of carbonyl (C=O) groups excluding carboxylic acids is 1. The number of aryl methyl sites for hydroxylation is 1. The molecule has 0 unspecified atom stereocenters. The van der Waals surface area contributed by atoms with Crippen molar-refractivity contribution in [2.75, 3.05) is 7.11 Å². The maximum atomic E-state index is 11.0. The molecule has 0 aliphatic carbocycles. The third kappa shape index (κ3) is 2.49. The van der Waals surface area contributed by atoms with E-state index in [4.69, 9.17) is 11.6 Å². The van der Waals surface area contributed by atoms with Crippen LogP contribution in [0.15, 0.2) is 16.6 Å². The predicted molar refractivity (Wildman–Crippen MR) is 59.6 cm³/mol. The number of ether oxygens (including phenoxy) is 1. The predicted octanol–water partition coefficient (Wildman–Crippen LogP) is 3.13. The van der Waals surface area contributed by atoms with Crippen LogP contribution in [0.2, 0.25) is 5.02 Å². The van der Waals surface area contributed by atoms with E-state index in [9.17, 15) is 4.79 Å². The van der Waals surface area contributed by atoms with Crippen molar-refractivity contribution >= 4 is 33.5 Å². The van der Waals surface area contributed by atoms with Gasteiger partial charge in [0.25, 0.3) is 0 Å². The van der Waals surface area contributed by atoms with Gasteiger partial charge < -0.3 is 4.74 Å². The Bertz CT molecular complexity index is 363. The van der Waals surface area contributed by atoms with Crippen molar-refractivity contribution < 1.29 is 9.53 Å². The van der Waals surface area contributed by atoms with Crippen LogP contribution in [0.1, 0.15) is 11.1 Å². The lowest BCUT2D eigenvalue weighted by atomic mass is 10.1. The summed E-state index contributed by atoms with van der Waals surface area (Å²) in [7, 11) is 1.36. The number of hydrogen-bond acceptors (Lipinski definition) is 2. The van der Waals surface area contributed by atoms with E-state index in [1.54, 1.807) is 0 Å². The third-order valence-corrected chi connectivity index (χ3v) is 3.60. The van der Waals surface area contributed by atoms with Crippen LogP contribution in [0.5, 0.6) is 0 Å². The number of hydrogen-bond donors (Lipinski definition) is 0. The molecule has 4 heteroatoms. The summed E-state index contributed by atoms with van der Waals surface area (Å²) >= 11 is 9.40. The molecule has 14 heavy (non-hydrogen) atoms. The minimum atomic E-state index is -0.289. The summed E-state index contributed by atoms with van der Waals surface area (Å²) in [6.45, 7) is 1.94. The average Bonchev–Trinajstić information content (AvgIpc) is 2.19. The van der Waals surface area contributed by atoms with Crippen molar-refractivity contribution in [3.63, 3.8) is 0 Å². The van der Waals surface area contributed by atoms with Gasteiger partial charge in [-0.3, -0.25) is 4.79 Å². The Morgan fingerprint density at radius 3 is 2.79 bits per heavy atom. The quantitative estimate of drug-likeness (QED) is 0.776. The molecule has 1 aromatic carbocycles. The number of methoxy groups -OCH3 is 1. The normalized spacial score (nSPS) is 10.0. The minimum absolute atomic E-state index is 0.203. The highest BCUT2D eigenvalue weighted by atomic mass is 79.9. The summed E-state index contributed by atoms with van der Waals surface area (Å²) in [5.41, 5.74) is 1.82. The first-order chi connectivity index (χ1) is 6.56. The lowest BCUT2D eigenvalue weighted by Gasteiger charge is -2.06. The summed E-state index contributed by atoms with van der Waals surface area (Å²) in [5.74, 6) is -0.289. The highest BCUT2D eigenvalue weighted by Gasteiger charge is 2.10. The average molecular weight is 278 g/mol. The minimum Gasteiger partial charge on any atom is -0.469 e. The lowest BCUT2D eigenvalue weighted by Crippen LogP contribution is -2.05. The number of benzene rings is 1. The fourth-order valence-corrected chi connectivity index (χ4v) is 1.72. The van der Waals surface area contributed by atoms with E-state index in [-0.39, 0.29) is 12.4 Å².